The van der Waals surface area contributed by atoms with E-state index in [-0.39, 0.29) is 16.6 Å². The highest BCUT2D eigenvalue weighted by Gasteiger charge is 2.34. The lowest BCUT2D eigenvalue weighted by atomic mass is 10.2. The van der Waals surface area contributed by atoms with Gasteiger partial charge in [0.2, 0.25) is 5.91 Å². The molecule has 2 N–H and O–H groups in total. The fourth-order valence-electron chi connectivity index (χ4n) is 3.33. The van der Waals surface area contributed by atoms with Gasteiger partial charge in [0, 0.05) is 45.5 Å². The number of alkyl halides is 3. The monoisotopic (exact) mass is 543 g/mol. The zero-order valence-corrected chi connectivity index (χ0v) is 21.3. The number of halogens is 4. The molecule has 1 atom stereocenters. The summed E-state index contributed by atoms with van der Waals surface area (Å²) in [5, 5.41) is 4.96. The Labute approximate surface area is 215 Å². The molecule has 9 nitrogen and oxygen atoms in total. The van der Waals surface area contributed by atoms with Crippen molar-refractivity contribution in [3.8, 4) is 0 Å². The van der Waals surface area contributed by atoms with Crippen LogP contribution >= 0.6 is 22.9 Å². The molecule has 0 bridgehead atoms. The van der Waals surface area contributed by atoms with Gasteiger partial charge in [-0.3, -0.25) is 14.6 Å². The fourth-order valence-corrected chi connectivity index (χ4v) is 4.35. The number of carbonyl (C=O) groups excluding carboxylic acids is 2. The van der Waals surface area contributed by atoms with E-state index >= 15 is 0 Å². The van der Waals surface area contributed by atoms with Crippen LogP contribution in [0.15, 0.2) is 35.6 Å². The number of thiazole rings is 1. The van der Waals surface area contributed by atoms with Gasteiger partial charge in [0.1, 0.15) is 21.5 Å². The second-order valence-electron chi connectivity index (χ2n) is 8.00. The zero-order chi connectivity index (χ0) is 26.5. The van der Waals surface area contributed by atoms with E-state index in [2.05, 4.69) is 42.4 Å². The van der Waals surface area contributed by atoms with Gasteiger partial charge in [0.15, 0.2) is 0 Å². The number of amides is 2. The first-order valence-electron chi connectivity index (χ1n) is 10.9. The Morgan fingerprint density at radius 3 is 2.53 bits per heavy atom. The van der Waals surface area contributed by atoms with Crippen molar-refractivity contribution in [1.29, 1.82) is 0 Å². The number of carbonyl (C=O) groups is 2. The molecule has 14 heteroatoms. The predicted molar refractivity (Wildman–Crippen MR) is 132 cm³/mol. The first-order valence-corrected chi connectivity index (χ1v) is 12.1. The van der Waals surface area contributed by atoms with E-state index in [9.17, 15) is 22.8 Å². The molecule has 2 aromatic heterocycles. The number of aliphatic imine (C=N–C) groups is 1. The number of anilines is 1. The quantitative estimate of drug-likeness (QED) is 0.328. The largest absolute Gasteiger partial charge is 0.418 e. The van der Waals surface area contributed by atoms with Crippen LogP contribution in [0.5, 0.6) is 0 Å². The van der Waals surface area contributed by atoms with E-state index in [0.717, 1.165) is 43.7 Å². The Morgan fingerprint density at radius 1 is 1.19 bits per heavy atom. The Balaban J connectivity index is 1.58. The van der Waals surface area contributed by atoms with Crippen LogP contribution in [0.4, 0.5) is 19.0 Å². The van der Waals surface area contributed by atoms with Gasteiger partial charge in [0.25, 0.3) is 5.91 Å². The van der Waals surface area contributed by atoms with Crippen molar-refractivity contribution in [2.24, 2.45) is 4.99 Å². The normalized spacial score (nSPS) is 16.3. The molecular formula is C22H25ClF3N7O2S. The second kappa shape index (κ2) is 11.8. The second-order valence-corrected chi connectivity index (χ2v) is 9.47. The Morgan fingerprint density at radius 2 is 1.89 bits per heavy atom. The lowest BCUT2D eigenvalue weighted by molar-refractivity contribution is -0.137. The van der Waals surface area contributed by atoms with E-state index in [0.29, 0.717) is 16.9 Å². The van der Waals surface area contributed by atoms with Crippen LogP contribution < -0.4 is 10.6 Å². The summed E-state index contributed by atoms with van der Waals surface area (Å²) in [6.45, 7) is 5.16. The maximum Gasteiger partial charge on any atom is 0.418 e. The van der Waals surface area contributed by atoms with Gasteiger partial charge in [-0.1, -0.05) is 11.6 Å². The standard InChI is InChI=1S/C22H25ClF3N7O2S/c1-13(30-19(34)5-4-18(27-2)33-8-6-32(3)7-9-33)21-29-12-16(36-21)20(35)31-17-10-14(22(24,25)26)15(23)11-28-17/h4-5,10-13H,6-9H2,1-3H3,(H,30,34)(H,28,31,35)/b5-4+,27-18?. The van der Waals surface area contributed by atoms with E-state index in [1.807, 2.05) is 0 Å². The van der Waals surface area contributed by atoms with Crippen LogP contribution in [0.2, 0.25) is 5.02 Å². The third-order valence-electron chi connectivity index (χ3n) is 5.32. The molecule has 1 saturated heterocycles. The van der Waals surface area contributed by atoms with Crippen molar-refractivity contribution in [1.82, 2.24) is 25.1 Å². The number of rotatable bonds is 6. The smallest absolute Gasteiger partial charge is 0.354 e. The number of nitrogens with zero attached hydrogens (tertiary/aromatic N) is 5. The molecule has 36 heavy (non-hydrogen) atoms. The summed E-state index contributed by atoms with van der Waals surface area (Å²) in [6.07, 6.45) is 0.462. The molecule has 1 fully saturated rings. The highest BCUT2D eigenvalue weighted by atomic mass is 35.5. The summed E-state index contributed by atoms with van der Waals surface area (Å²) in [5.74, 6) is -0.629. The summed E-state index contributed by atoms with van der Waals surface area (Å²) >= 11 is 6.55. The molecule has 194 valence electrons. The summed E-state index contributed by atoms with van der Waals surface area (Å²) in [6, 6.07) is 0.151. The summed E-state index contributed by atoms with van der Waals surface area (Å²) in [5.41, 5.74) is -1.10. The van der Waals surface area contributed by atoms with Crippen LogP contribution in [0.1, 0.15) is 33.2 Å². The van der Waals surface area contributed by atoms with Crippen molar-refractivity contribution in [2.75, 3.05) is 45.6 Å². The summed E-state index contributed by atoms with van der Waals surface area (Å²) in [7, 11) is 3.72. The maximum absolute atomic E-state index is 13.0. The first-order chi connectivity index (χ1) is 17.0. The number of aromatic nitrogens is 2. The SMILES string of the molecule is CN=C(/C=C/C(=O)NC(C)c1ncc(C(=O)Nc2cc(C(F)(F)F)c(Cl)cn2)s1)N1CCN(C)CC1. The zero-order valence-electron chi connectivity index (χ0n) is 19.8. The Bertz CT molecular complexity index is 1160. The number of amidine groups is 1. The molecule has 1 aliphatic heterocycles. The fraction of sp³-hybridized carbons (Fsp3) is 0.409. The lowest BCUT2D eigenvalue weighted by Gasteiger charge is -2.33. The van der Waals surface area contributed by atoms with Crippen LogP contribution in [0.3, 0.4) is 0 Å². The van der Waals surface area contributed by atoms with Crippen molar-refractivity contribution >= 4 is 46.4 Å². The highest BCUT2D eigenvalue weighted by molar-refractivity contribution is 7.13. The van der Waals surface area contributed by atoms with Crippen LogP contribution in [0.25, 0.3) is 0 Å². The Kier molecular flexibility index (Phi) is 9.03. The molecule has 0 spiro atoms. The maximum atomic E-state index is 13.0. The number of hydrogen-bond acceptors (Lipinski definition) is 7. The highest BCUT2D eigenvalue weighted by Crippen LogP contribution is 2.35. The average molecular weight is 544 g/mol. The molecule has 0 saturated carbocycles. The van der Waals surface area contributed by atoms with Crippen molar-refractivity contribution < 1.29 is 22.8 Å². The number of likely N-dealkylation sites (N-methyl/N-ethyl adjacent to an activating group) is 1. The molecule has 0 aliphatic carbocycles. The molecule has 2 aromatic rings. The number of pyridine rings is 1. The van der Waals surface area contributed by atoms with E-state index in [1.165, 1.54) is 12.3 Å². The molecule has 3 rings (SSSR count). The third-order valence-corrected chi connectivity index (χ3v) is 6.80. The minimum atomic E-state index is -4.69. The van der Waals surface area contributed by atoms with Crippen molar-refractivity contribution in [3.63, 3.8) is 0 Å². The van der Waals surface area contributed by atoms with Crippen molar-refractivity contribution in [2.45, 2.75) is 19.1 Å². The van der Waals surface area contributed by atoms with Gasteiger partial charge < -0.3 is 20.4 Å². The first kappa shape index (κ1) is 27.6. The predicted octanol–water partition coefficient (Wildman–Crippen LogP) is 3.47. The third kappa shape index (κ3) is 7.24. The van der Waals surface area contributed by atoms with Crippen LogP contribution in [0, 0.1) is 0 Å². The molecular weight excluding hydrogens is 519 g/mol. The molecule has 1 aliphatic rings. The van der Waals surface area contributed by atoms with Gasteiger partial charge >= 0.3 is 6.18 Å². The van der Waals surface area contributed by atoms with Crippen LogP contribution in [-0.4, -0.2) is 77.7 Å². The minimum Gasteiger partial charge on any atom is -0.354 e. The molecule has 1 unspecified atom stereocenters. The summed E-state index contributed by atoms with van der Waals surface area (Å²) in [4.78, 5) is 41.5. The number of nitrogens with one attached hydrogen (secondary N) is 2. The van der Waals surface area contributed by atoms with Gasteiger partial charge in [-0.15, -0.1) is 11.3 Å². The Hall–Kier alpha value is -3.03. The van der Waals surface area contributed by atoms with E-state index in [4.69, 9.17) is 11.6 Å². The molecule has 2 amide bonds. The van der Waals surface area contributed by atoms with Crippen molar-refractivity contribution in [3.05, 3.63) is 51.1 Å². The van der Waals surface area contributed by atoms with Gasteiger partial charge in [-0.25, -0.2) is 9.97 Å². The lowest BCUT2D eigenvalue weighted by Crippen LogP contribution is -2.46. The van der Waals surface area contributed by atoms with E-state index < -0.39 is 28.7 Å². The van der Waals surface area contributed by atoms with E-state index in [1.54, 1.807) is 20.0 Å². The number of piperazine rings is 1. The topological polar surface area (TPSA) is 103 Å². The van der Waals surface area contributed by atoms with Gasteiger partial charge in [-0.05, 0) is 26.1 Å². The number of hydrogen-bond donors (Lipinski definition) is 2. The molecule has 0 radical (unpaired) electrons. The molecule has 3 heterocycles. The summed E-state index contributed by atoms with van der Waals surface area (Å²) < 4.78 is 39.1. The minimum absolute atomic E-state index is 0.141. The van der Waals surface area contributed by atoms with Gasteiger partial charge in [0.05, 0.1) is 22.8 Å². The van der Waals surface area contributed by atoms with Gasteiger partial charge in [-0.2, -0.15) is 13.2 Å². The average Bonchev–Trinajstić information content (AvgIpc) is 3.32. The van der Waals surface area contributed by atoms with Crippen LogP contribution in [-0.2, 0) is 11.0 Å². The molecule has 0 aromatic carbocycles.